The molecule has 1 aliphatic heterocycles. The summed E-state index contributed by atoms with van der Waals surface area (Å²) in [5, 5.41) is 3.78. The number of halogens is 1. The lowest BCUT2D eigenvalue weighted by molar-refractivity contribution is -0.120. The second-order valence-electron chi connectivity index (χ2n) is 7.47. The van der Waals surface area contributed by atoms with Crippen LogP contribution in [0.1, 0.15) is 25.3 Å². The maximum atomic E-state index is 13.4. The molecule has 0 saturated heterocycles. The Morgan fingerprint density at radius 2 is 1.56 bits per heavy atom. The van der Waals surface area contributed by atoms with Gasteiger partial charge in [0.1, 0.15) is 10.6 Å². The first-order chi connectivity index (χ1) is 15.6. The zero-order chi connectivity index (χ0) is 22.5. The molecule has 0 aromatic heterocycles. The molecule has 0 unspecified atom stereocenters. The molecule has 0 aliphatic carbocycles. The Labute approximate surface area is 197 Å². The van der Waals surface area contributed by atoms with E-state index in [4.69, 9.17) is 11.6 Å². The summed E-state index contributed by atoms with van der Waals surface area (Å²) in [7, 11) is 0. The molecule has 3 aromatic carbocycles. The Balaban J connectivity index is 1.66. The largest absolute Gasteiger partial charge is 0.350 e. The number of para-hydroxylation sites is 1. The first-order valence-electron chi connectivity index (χ1n) is 10.5. The molecule has 2 amide bonds. The monoisotopic (exact) mass is 462 g/mol. The van der Waals surface area contributed by atoms with Crippen molar-refractivity contribution in [3.63, 3.8) is 0 Å². The Hall–Kier alpha value is -3.02. The van der Waals surface area contributed by atoms with Crippen molar-refractivity contribution in [3.05, 3.63) is 100 Å². The number of amides is 2. The number of hydrogen-bond acceptors (Lipinski definition) is 4. The third-order valence-corrected chi connectivity index (χ3v) is 6.47. The van der Waals surface area contributed by atoms with Gasteiger partial charge in [0.2, 0.25) is 0 Å². The van der Waals surface area contributed by atoms with Gasteiger partial charge in [-0.25, -0.2) is 4.90 Å². The molecular weight excluding hydrogens is 440 g/mol. The summed E-state index contributed by atoms with van der Waals surface area (Å²) in [5.74, 6) is -0.702. The van der Waals surface area contributed by atoms with Gasteiger partial charge < -0.3 is 5.32 Å². The van der Waals surface area contributed by atoms with Gasteiger partial charge in [-0.3, -0.25) is 9.59 Å². The van der Waals surface area contributed by atoms with Gasteiger partial charge in [-0.15, -0.1) is 0 Å². The lowest BCUT2D eigenvalue weighted by Crippen LogP contribution is -2.32. The van der Waals surface area contributed by atoms with Crippen molar-refractivity contribution in [3.8, 4) is 0 Å². The van der Waals surface area contributed by atoms with Crippen LogP contribution >= 0.6 is 23.4 Å². The zero-order valence-corrected chi connectivity index (χ0v) is 19.2. The van der Waals surface area contributed by atoms with Gasteiger partial charge >= 0.3 is 0 Å². The minimum Gasteiger partial charge on any atom is -0.350 e. The van der Waals surface area contributed by atoms with Crippen LogP contribution in [0.2, 0.25) is 5.02 Å². The van der Waals surface area contributed by atoms with E-state index in [0.29, 0.717) is 15.6 Å². The maximum Gasteiger partial charge on any atom is 0.283 e. The van der Waals surface area contributed by atoms with Crippen molar-refractivity contribution in [1.82, 2.24) is 0 Å². The van der Waals surface area contributed by atoms with Crippen molar-refractivity contribution in [1.29, 1.82) is 0 Å². The van der Waals surface area contributed by atoms with Crippen LogP contribution in [0.15, 0.2) is 94.4 Å². The molecule has 4 rings (SSSR count). The van der Waals surface area contributed by atoms with E-state index in [9.17, 15) is 9.59 Å². The fraction of sp³-hybridized carbons (Fsp3) is 0.154. The molecule has 0 radical (unpaired) electrons. The number of unbranched alkanes of at least 4 members (excludes halogenated alkanes) is 1. The molecule has 0 fully saturated rings. The molecule has 6 heteroatoms. The predicted octanol–water partition coefficient (Wildman–Crippen LogP) is 6.67. The van der Waals surface area contributed by atoms with Gasteiger partial charge in [-0.2, -0.15) is 0 Å². The number of carbonyl (C=O) groups excluding carboxylic acids is 2. The van der Waals surface area contributed by atoms with Crippen molar-refractivity contribution in [2.24, 2.45) is 0 Å². The van der Waals surface area contributed by atoms with E-state index in [1.807, 2.05) is 66.7 Å². The minimum absolute atomic E-state index is 0.274. The first kappa shape index (κ1) is 22.2. The van der Waals surface area contributed by atoms with Gasteiger partial charge in [-0.05, 0) is 66.9 Å². The number of nitrogens with one attached hydrogen (secondary N) is 1. The number of thioether (sulfide) groups is 1. The molecular formula is C26H23ClN2O2S. The van der Waals surface area contributed by atoms with E-state index >= 15 is 0 Å². The summed E-state index contributed by atoms with van der Waals surface area (Å²) in [6, 6.07) is 24.2. The van der Waals surface area contributed by atoms with E-state index in [2.05, 4.69) is 12.2 Å². The summed E-state index contributed by atoms with van der Waals surface area (Å²) < 4.78 is 0. The minimum atomic E-state index is -0.364. The Morgan fingerprint density at radius 3 is 2.22 bits per heavy atom. The van der Waals surface area contributed by atoms with E-state index < -0.39 is 0 Å². The third-order valence-electron chi connectivity index (χ3n) is 5.13. The standard InChI is InChI=1S/C26H23ClN2O2S/c1-2-3-7-18-10-14-21(15-11-18)29-25(30)23(28-20-8-5-4-6-9-20)24(26(29)31)32-22-16-12-19(27)13-17-22/h4-6,8-17,28H,2-3,7H2,1H3. The molecule has 162 valence electrons. The lowest BCUT2D eigenvalue weighted by Gasteiger charge is -2.16. The van der Waals surface area contributed by atoms with Crippen LogP contribution in [0.25, 0.3) is 0 Å². The van der Waals surface area contributed by atoms with Crippen molar-refractivity contribution in [2.45, 2.75) is 31.1 Å². The Bertz CT molecular complexity index is 1140. The molecule has 3 aromatic rings. The lowest BCUT2D eigenvalue weighted by atomic mass is 10.1. The molecule has 1 N–H and O–H groups in total. The molecule has 0 spiro atoms. The van der Waals surface area contributed by atoms with Gasteiger partial charge in [0.25, 0.3) is 11.8 Å². The quantitative estimate of drug-likeness (QED) is 0.380. The molecule has 4 nitrogen and oxygen atoms in total. The van der Waals surface area contributed by atoms with E-state index in [0.717, 1.165) is 29.8 Å². The van der Waals surface area contributed by atoms with E-state index in [-0.39, 0.29) is 17.5 Å². The Kier molecular flexibility index (Phi) is 6.98. The van der Waals surface area contributed by atoms with Crippen molar-refractivity contribution >= 4 is 46.6 Å². The maximum absolute atomic E-state index is 13.4. The average molecular weight is 463 g/mol. The molecule has 0 bridgehead atoms. The summed E-state index contributed by atoms with van der Waals surface area (Å²) in [4.78, 5) is 29.2. The molecule has 1 aliphatic rings. The number of carbonyl (C=O) groups is 2. The van der Waals surface area contributed by atoms with Crippen LogP contribution in [0.4, 0.5) is 11.4 Å². The highest BCUT2D eigenvalue weighted by Crippen LogP contribution is 2.38. The van der Waals surface area contributed by atoms with Crippen LogP contribution in [-0.2, 0) is 16.0 Å². The first-order valence-corrected chi connectivity index (χ1v) is 11.7. The van der Waals surface area contributed by atoms with Gasteiger partial charge in [0.05, 0.1) is 5.69 Å². The second-order valence-corrected chi connectivity index (χ2v) is 8.99. The van der Waals surface area contributed by atoms with Crippen LogP contribution in [-0.4, -0.2) is 11.8 Å². The van der Waals surface area contributed by atoms with Crippen LogP contribution in [0.3, 0.4) is 0 Å². The highest BCUT2D eigenvalue weighted by atomic mass is 35.5. The topological polar surface area (TPSA) is 49.4 Å². The molecule has 32 heavy (non-hydrogen) atoms. The molecule has 0 saturated carbocycles. The van der Waals surface area contributed by atoms with Crippen LogP contribution in [0.5, 0.6) is 0 Å². The second kappa shape index (κ2) is 10.1. The van der Waals surface area contributed by atoms with Gasteiger partial charge in [-0.1, -0.05) is 67.0 Å². The number of hydrogen-bond donors (Lipinski definition) is 1. The normalized spacial score (nSPS) is 13.8. The zero-order valence-electron chi connectivity index (χ0n) is 17.7. The molecule has 1 heterocycles. The number of anilines is 2. The number of nitrogens with zero attached hydrogens (tertiary/aromatic N) is 1. The fourth-order valence-corrected chi connectivity index (χ4v) is 4.48. The SMILES string of the molecule is CCCCc1ccc(N2C(=O)C(Nc3ccccc3)=C(Sc3ccc(Cl)cc3)C2=O)cc1. The van der Waals surface area contributed by atoms with Crippen molar-refractivity contribution < 1.29 is 9.59 Å². The van der Waals surface area contributed by atoms with Crippen molar-refractivity contribution in [2.75, 3.05) is 10.2 Å². The highest BCUT2D eigenvalue weighted by molar-refractivity contribution is 8.04. The van der Waals surface area contributed by atoms with Gasteiger partial charge in [0, 0.05) is 15.6 Å². The molecule has 0 atom stereocenters. The number of rotatable bonds is 8. The van der Waals surface area contributed by atoms with E-state index in [1.54, 1.807) is 12.1 Å². The fourth-order valence-electron chi connectivity index (χ4n) is 3.43. The summed E-state index contributed by atoms with van der Waals surface area (Å²) in [6.45, 7) is 2.16. The third kappa shape index (κ3) is 4.90. The summed E-state index contributed by atoms with van der Waals surface area (Å²) >= 11 is 7.26. The average Bonchev–Trinajstić information content (AvgIpc) is 3.04. The Morgan fingerprint density at radius 1 is 0.875 bits per heavy atom. The number of imide groups is 1. The number of aryl methyl sites for hydroxylation is 1. The van der Waals surface area contributed by atoms with Crippen LogP contribution < -0.4 is 10.2 Å². The highest BCUT2D eigenvalue weighted by Gasteiger charge is 2.40. The van der Waals surface area contributed by atoms with E-state index in [1.165, 1.54) is 22.2 Å². The summed E-state index contributed by atoms with van der Waals surface area (Å²) in [5.41, 5.74) is 2.78. The van der Waals surface area contributed by atoms with Crippen LogP contribution in [0, 0.1) is 0 Å². The predicted molar refractivity (Wildman–Crippen MR) is 132 cm³/mol. The number of benzene rings is 3. The van der Waals surface area contributed by atoms with Gasteiger partial charge in [0.15, 0.2) is 0 Å². The smallest absolute Gasteiger partial charge is 0.283 e. The summed E-state index contributed by atoms with van der Waals surface area (Å²) in [6.07, 6.45) is 3.21.